The fraction of sp³-hybridized carbons (Fsp3) is 0.136. The standard InChI is InChI=1S/2C15H14O6.C14H10O12S/c2*16-8-4-11(18)9-6-13(20)15(21-14(9)5-8)7-1-2-10(17)12(19)3-7;15-7-1-5(2-8(16)11(7)19)13(21)25-27(23,24)26-14(22)6-3-9(17)12(20)10(18)4-6/h2*1-5,13,15-20H,6H2;1-4,15-20H/t2*13-,15-;/m11./s1. The number of hydrogen-bond donors (Lipinski definition) is 16. The second kappa shape index (κ2) is 19.4. The number of carbonyl (C=O) groups excluding carboxylic acids is 2. The third-order valence-electron chi connectivity index (χ3n) is 10.00. The molecular weight excluding hydrogens is 945 g/mol. The molecule has 0 saturated carbocycles. The highest BCUT2D eigenvalue weighted by molar-refractivity contribution is 7.82. The zero-order valence-electron chi connectivity index (χ0n) is 34.6. The van der Waals surface area contributed by atoms with E-state index in [0.717, 1.165) is 0 Å². The summed E-state index contributed by atoms with van der Waals surface area (Å²) in [6.07, 6.45) is -3.12. The highest BCUT2D eigenvalue weighted by atomic mass is 32.3. The Balaban J connectivity index is 0.000000172. The van der Waals surface area contributed by atoms with Gasteiger partial charge in [-0.25, -0.2) is 9.59 Å². The van der Waals surface area contributed by atoms with E-state index in [9.17, 15) is 89.5 Å². The van der Waals surface area contributed by atoms with Crippen LogP contribution < -0.4 is 9.47 Å². The molecule has 2 aliphatic heterocycles. The van der Waals surface area contributed by atoms with E-state index in [2.05, 4.69) is 8.37 Å². The molecular formula is C44H38O24S. The van der Waals surface area contributed by atoms with Gasteiger partial charge in [0.1, 0.15) is 46.7 Å². The number of benzene rings is 6. The van der Waals surface area contributed by atoms with E-state index in [4.69, 9.17) is 19.7 Å². The van der Waals surface area contributed by atoms with E-state index in [0.29, 0.717) is 46.5 Å². The number of hydrogen-bond acceptors (Lipinski definition) is 24. The number of carbonyl (C=O) groups is 2. The number of aliphatic hydroxyl groups is 2. The fourth-order valence-corrected chi connectivity index (χ4v) is 7.27. The Hall–Kier alpha value is -9.07. The summed E-state index contributed by atoms with van der Waals surface area (Å²) in [5, 5.41) is 152. The number of aromatic hydroxyl groups is 14. The van der Waals surface area contributed by atoms with Gasteiger partial charge >= 0.3 is 22.3 Å². The predicted octanol–water partition coefficient (Wildman–Crippen LogP) is 3.27. The van der Waals surface area contributed by atoms with Crippen LogP contribution in [0.4, 0.5) is 0 Å². The first-order chi connectivity index (χ1) is 32.3. The van der Waals surface area contributed by atoms with Gasteiger partial charge in [-0.05, 0) is 59.7 Å². The Morgan fingerprint density at radius 2 is 0.768 bits per heavy atom. The Morgan fingerprint density at radius 1 is 0.435 bits per heavy atom. The average Bonchev–Trinajstić information content (AvgIpc) is 3.26. The molecule has 364 valence electrons. The summed E-state index contributed by atoms with van der Waals surface area (Å²) in [6, 6.07) is 15.6. The van der Waals surface area contributed by atoms with Crippen LogP contribution >= 0.6 is 0 Å². The fourth-order valence-electron chi connectivity index (χ4n) is 6.67. The van der Waals surface area contributed by atoms with Crippen molar-refractivity contribution in [1.29, 1.82) is 0 Å². The van der Waals surface area contributed by atoms with E-state index in [1.807, 2.05) is 0 Å². The first-order valence-corrected chi connectivity index (χ1v) is 20.7. The number of aliphatic hydroxyl groups excluding tert-OH is 2. The van der Waals surface area contributed by atoms with Crippen LogP contribution in [-0.2, 0) is 31.6 Å². The van der Waals surface area contributed by atoms with Crippen molar-refractivity contribution in [3.8, 4) is 92.0 Å². The molecule has 2 aliphatic rings. The highest BCUT2D eigenvalue weighted by Crippen LogP contribution is 2.45. The van der Waals surface area contributed by atoms with E-state index >= 15 is 0 Å². The molecule has 0 radical (unpaired) electrons. The van der Waals surface area contributed by atoms with Crippen molar-refractivity contribution < 1.29 is 118 Å². The number of phenols is 14. The summed E-state index contributed by atoms with van der Waals surface area (Å²) < 4.78 is 42.4. The second-order valence-electron chi connectivity index (χ2n) is 14.9. The maximum Gasteiger partial charge on any atom is 0.506 e. The quantitative estimate of drug-likeness (QED) is 0.106. The molecule has 0 aromatic heterocycles. The van der Waals surface area contributed by atoms with Gasteiger partial charge in [0.25, 0.3) is 0 Å². The molecule has 6 aromatic carbocycles. The van der Waals surface area contributed by atoms with Crippen molar-refractivity contribution in [3.63, 3.8) is 0 Å². The molecule has 2 heterocycles. The Kier molecular flexibility index (Phi) is 13.9. The van der Waals surface area contributed by atoms with E-state index < -0.39 is 92.4 Å². The molecule has 0 bridgehead atoms. The van der Waals surface area contributed by atoms with Gasteiger partial charge in [-0.1, -0.05) is 12.1 Å². The van der Waals surface area contributed by atoms with Crippen LogP contribution in [0, 0.1) is 0 Å². The SMILES string of the molecule is O=C(OS(=O)(=O)OC(=O)c1cc(O)c(O)c(O)c1)c1cc(O)c(O)c(O)c1.Oc1cc(O)c2c(c1)O[C@H](c1ccc(O)c(O)c1)[C@H](O)C2.Oc1cc(O)c2c(c1)O[C@H](c1ccc(O)c(O)c1)[C@H](O)C2. The van der Waals surface area contributed by atoms with Gasteiger partial charge in [-0.15, -0.1) is 8.42 Å². The number of fused-ring (bicyclic) bond motifs is 2. The monoisotopic (exact) mass is 982 g/mol. The van der Waals surface area contributed by atoms with Gasteiger partial charge in [0.05, 0.1) is 23.3 Å². The predicted molar refractivity (Wildman–Crippen MR) is 228 cm³/mol. The Bertz CT molecular complexity index is 2840. The highest BCUT2D eigenvalue weighted by Gasteiger charge is 2.34. The largest absolute Gasteiger partial charge is 0.508 e. The summed E-state index contributed by atoms with van der Waals surface area (Å²) >= 11 is 0. The summed E-state index contributed by atoms with van der Waals surface area (Å²) in [7, 11) is -5.30. The molecule has 0 spiro atoms. The Morgan fingerprint density at radius 3 is 1.09 bits per heavy atom. The summed E-state index contributed by atoms with van der Waals surface area (Å²) in [6.45, 7) is 0. The van der Waals surface area contributed by atoms with Crippen molar-refractivity contribution in [1.82, 2.24) is 0 Å². The molecule has 25 heteroatoms. The summed E-state index contributed by atoms with van der Waals surface area (Å²) in [5.41, 5.74) is 0.376. The lowest BCUT2D eigenvalue weighted by molar-refractivity contribution is 0.0196. The third kappa shape index (κ3) is 11.1. The normalized spacial score (nSPS) is 16.8. The lowest BCUT2D eigenvalue weighted by atomic mass is 9.94. The topological polar surface area (TPSA) is 429 Å². The van der Waals surface area contributed by atoms with Crippen molar-refractivity contribution in [2.75, 3.05) is 0 Å². The smallest absolute Gasteiger partial charge is 0.506 e. The number of phenolic OH excluding ortho intramolecular Hbond substituents is 14. The van der Waals surface area contributed by atoms with Crippen LogP contribution in [0.1, 0.15) is 55.2 Å². The zero-order valence-corrected chi connectivity index (χ0v) is 35.5. The van der Waals surface area contributed by atoms with Gasteiger partial charge < -0.3 is 99.5 Å². The molecule has 24 nitrogen and oxygen atoms in total. The third-order valence-corrected chi connectivity index (χ3v) is 10.7. The maximum atomic E-state index is 11.7. The van der Waals surface area contributed by atoms with Crippen molar-refractivity contribution in [2.45, 2.75) is 37.3 Å². The van der Waals surface area contributed by atoms with E-state index in [-0.39, 0.29) is 70.3 Å². The lowest BCUT2D eigenvalue weighted by Gasteiger charge is -2.31. The Labute approximate surface area is 386 Å². The average molecular weight is 983 g/mol. The molecule has 0 aliphatic carbocycles. The lowest BCUT2D eigenvalue weighted by Crippen LogP contribution is -2.30. The van der Waals surface area contributed by atoms with Crippen LogP contribution in [0.15, 0.2) is 84.9 Å². The van der Waals surface area contributed by atoms with Crippen LogP contribution in [0.2, 0.25) is 0 Å². The number of ether oxygens (including phenoxy) is 2. The minimum atomic E-state index is -5.30. The molecule has 0 amide bonds. The van der Waals surface area contributed by atoms with Crippen molar-refractivity contribution in [3.05, 3.63) is 118 Å². The minimum Gasteiger partial charge on any atom is -0.508 e. The van der Waals surface area contributed by atoms with Gasteiger partial charge in [0, 0.05) is 48.2 Å². The number of rotatable bonds is 6. The van der Waals surface area contributed by atoms with E-state index in [1.165, 1.54) is 60.7 Å². The first-order valence-electron chi connectivity index (χ1n) is 19.4. The second-order valence-corrected chi connectivity index (χ2v) is 16.0. The molecule has 4 atom stereocenters. The zero-order chi connectivity index (χ0) is 50.8. The van der Waals surface area contributed by atoms with Gasteiger partial charge in [-0.3, -0.25) is 0 Å². The molecule has 16 N–H and O–H groups in total. The van der Waals surface area contributed by atoms with Crippen LogP contribution in [-0.4, -0.2) is 114 Å². The van der Waals surface area contributed by atoms with Crippen molar-refractivity contribution in [2.24, 2.45) is 0 Å². The van der Waals surface area contributed by atoms with Crippen LogP contribution in [0.3, 0.4) is 0 Å². The summed E-state index contributed by atoms with van der Waals surface area (Å²) in [4.78, 5) is 23.5. The van der Waals surface area contributed by atoms with Crippen LogP contribution in [0.5, 0.6) is 92.0 Å². The van der Waals surface area contributed by atoms with Gasteiger partial charge in [0.2, 0.25) is 0 Å². The summed E-state index contributed by atoms with van der Waals surface area (Å²) in [5.74, 6) is -10.3. The molecule has 0 fully saturated rings. The molecule has 0 saturated heterocycles. The maximum absolute atomic E-state index is 11.7. The minimum absolute atomic E-state index is 0.143. The molecule has 0 unspecified atom stereocenters. The van der Waals surface area contributed by atoms with Crippen molar-refractivity contribution >= 4 is 22.3 Å². The first kappa shape index (κ1) is 49.4. The van der Waals surface area contributed by atoms with Gasteiger partial charge in [-0.2, -0.15) is 0 Å². The molecule has 8 rings (SSSR count). The van der Waals surface area contributed by atoms with E-state index in [1.54, 1.807) is 0 Å². The van der Waals surface area contributed by atoms with Gasteiger partial charge in [0.15, 0.2) is 57.5 Å². The van der Waals surface area contributed by atoms with Crippen LogP contribution in [0.25, 0.3) is 0 Å². The molecule has 69 heavy (non-hydrogen) atoms. The molecule has 6 aromatic rings.